The Bertz CT molecular complexity index is 592. The number of rotatable bonds is 2. The van der Waals surface area contributed by atoms with Crippen LogP contribution in [0.15, 0.2) is 28.9 Å². The molecule has 0 aliphatic carbocycles. The Morgan fingerprint density at radius 1 is 1.56 bits per heavy atom. The Kier molecular flexibility index (Phi) is 3.33. The third kappa shape index (κ3) is 2.35. The summed E-state index contributed by atoms with van der Waals surface area (Å²) in [5.41, 5.74) is 6.13. The SMILES string of the molecule is Cn1ncc(N)c1C(=O)Nc1ccc(Br)cc1F. The second-order valence-corrected chi connectivity index (χ2v) is 4.57. The number of benzene rings is 1. The molecular formula is C11H10BrFN4O. The van der Waals surface area contributed by atoms with Gasteiger partial charge in [-0.2, -0.15) is 5.10 Å². The number of hydrogen-bond acceptors (Lipinski definition) is 3. The van der Waals surface area contributed by atoms with Gasteiger partial charge in [-0.25, -0.2) is 4.39 Å². The van der Waals surface area contributed by atoms with Crippen LogP contribution in [0.3, 0.4) is 0 Å². The first-order valence-corrected chi connectivity index (χ1v) is 5.82. The maximum Gasteiger partial charge on any atom is 0.276 e. The highest BCUT2D eigenvalue weighted by Gasteiger charge is 2.16. The first-order chi connectivity index (χ1) is 8.49. The molecule has 94 valence electrons. The van der Waals surface area contributed by atoms with Gasteiger partial charge in [-0.3, -0.25) is 9.48 Å². The summed E-state index contributed by atoms with van der Waals surface area (Å²) in [4.78, 5) is 11.9. The molecule has 18 heavy (non-hydrogen) atoms. The summed E-state index contributed by atoms with van der Waals surface area (Å²) in [6.07, 6.45) is 1.37. The minimum atomic E-state index is -0.529. The van der Waals surface area contributed by atoms with E-state index in [1.807, 2.05) is 0 Å². The number of carbonyl (C=O) groups excluding carboxylic acids is 1. The van der Waals surface area contributed by atoms with E-state index in [-0.39, 0.29) is 17.1 Å². The van der Waals surface area contributed by atoms with Crippen molar-refractivity contribution in [1.29, 1.82) is 0 Å². The normalized spacial score (nSPS) is 10.4. The van der Waals surface area contributed by atoms with Crippen molar-refractivity contribution in [1.82, 2.24) is 9.78 Å². The highest BCUT2D eigenvalue weighted by Crippen LogP contribution is 2.20. The van der Waals surface area contributed by atoms with Crippen molar-refractivity contribution in [3.8, 4) is 0 Å². The molecule has 1 amide bonds. The van der Waals surface area contributed by atoms with Gasteiger partial charge in [0, 0.05) is 11.5 Å². The molecule has 0 fully saturated rings. The van der Waals surface area contributed by atoms with Gasteiger partial charge in [0.05, 0.1) is 17.6 Å². The molecule has 7 heteroatoms. The number of nitrogen functional groups attached to an aromatic ring is 1. The van der Waals surface area contributed by atoms with Crippen LogP contribution in [0.5, 0.6) is 0 Å². The van der Waals surface area contributed by atoms with Crippen molar-refractivity contribution in [3.05, 3.63) is 40.4 Å². The minimum absolute atomic E-state index is 0.0869. The molecule has 2 rings (SSSR count). The molecule has 0 aliphatic heterocycles. The van der Waals surface area contributed by atoms with E-state index in [0.29, 0.717) is 4.47 Å². The fraction of sp³-hybridized carbons (Fsp3) is 0.0909. The van der Waals surface area contributed by atoms with E-state index >= 15 is 0 Å². The van der Waals surface area contributed by atoms with E-state index in [4.69, 9.17) is 5.73 Å². The second kappa shape index (κ2) is 4.77. The van der Waals surface area contributed by atoms with Crippen molar-refractivity contribution in [2.24, 2.45) is 7.05 Å². The number of aryl methyl sites for hydroxylation is 1. The number of nitrogens with zero attached hydrogens (tertiary/aromatic N) is 2. The lowest BCUT2D eigenvalue weighted by atomic mass is 10.3. The van der Waals surface area contributed by atoms with Crippen molar-refractivity contribution in [2.45, 2.75) is 0 Å². The third-order valence-corrected chi connectivity index (χ3v) is 2.85. The molecule has 1 heterocycles. The van der Waals surface area contributed by atoms with Gasteiger partial charge in [-0.1, -0.05) is 15.9 Å². The molecule has 5 nitrogen and oxygen atoms in total. The van der Waals surface area contributed by atoms with E-state index < -0.39 is 11.7 Å². The third-order valence-electron chi connectivity index (χ3n) is 2.36. The minimum Gasteiger partial charge on any atom is -0.396 e. The zero-order valence-corrected chi connectivity index (χ0v) is 11.0. The number of hydrogen-bond donors (Lipinski definition) is 2. The van der Waals surface area contributed by atoms with Gasteiger partial charge < -0.3 is 11.1 Å². The van der Waals surface area contributed by atoms with Gasteiger partial charge >= 0.3 is 0 Å². The molecule has 0 bridgehead atoms. The quantitative estimate of drug-likeness (QED) is 0.892. The van der Waals surface area contributed by atoms with Crippen molar-refractivity contribution >= 4 is 33.2 Å². The molecule has 1 aromatic carbocycles. The monoisotopic (exact) mass is 312 g/mol. The highest BCUT2D eigenvalue weighted by molar-refractivity contribution is 9.10. The van der Waals surface area contributed by atoms with Crippen molar-refractivity contribution < 1.29 is 9.18 Å². The number of amides is 1. The molecule has 2 aromatic rings. The number of aromatic nitrogens is 2. The predicted octanol–water partition coefficient (Wildman–Crippen LogP) is 2.16. The maximum atomic E-state index is 13.6. The standard InChI is InChI=1S/C11H10BrFN4O/c1-17-10(8(14)5-15-17)11(18)16-9-3-2-6(12)4-7(9)13/h2-5H,14H2,1H3,(H,16,18). The molecule has 0 unspecified atom stereocenters. The van der Waals surface area contributed by atoms with Crippen molar-refractivity contribution in [3.63, 3.8) is 0 Å². The Balaban J connectivity index is 2.27. The van der Waals surface area contributed by atoms with Crippen LogP contribution in [-0.2, 0) is 7.05 Å². The van der Waals surface area contributed by atoms with E-state index in [1.54, 1.807) is 13.1 Å². The second-order valence-electron chi connectivity index (χ2n) is 3.65. The summed E-state index contributed by atoms with van der Waals surface area (Å²) in [5.74, 6) is -1.04. The van der Waals surface area contributed by atoms with Crippen molar-refractivity contribution in [2.75, 3.05) is 11.1 Å². The summed E-state index contributed by atoms with van der Waals surface area (Å²) in [5, 5.41) is 6.29. The molecule has 0 aliphatic rings. The average molecular weight is 313 g/mol. The average Bonchev–Trinajstić information content (AvgIpc) is 2.62. The Morgan fingerprint density at radius 3 is 2.83 bits per heavy atom. The van der Waals surface area contributed by atoms with E-state index in [2.05, 4.69) is 26.3 Å². The van der Waals surface area contributed by atoms with Crippen LogP contribution in [0.25, 0.3) is 0 Å². The zero-order valence-electron chi connectivity index (χ0n) is 9.45. The van der Waals surface area contributed by atoms with Crippen LogP contribution >= 0.6 is 15.9 Å². The first-order valence-electron chi connectivity index (χ1n) is 5.03. The molecule has 1 aromatic heterocycles. The molecule has 0 spiro atoms. The fourth-order valence-electron chi connectivity index (χ4n) is 1.50. The number of anilines is 2. The summed E-state index contributed by atoms with van der Waals surface area (Å²) in [6, 6.07) is 4.36. The van der Waals surface area contributed by atoms with Gasteiger partial charge in [-0.15, -0.1) is 0 Å². The number of nitrogens with two attached hydrogens (primary N) is 1. The lowest BCUT2D eigenvalue weighted by Crippen LogP contribution is -2.18. The lowest BCUT2D eigenvalue weighted by molar-refractivity contribution is 0.101. The van der Waals surface area contributed by atoms with Gasteiger partial charge in [-0.05, 0) is 18.2 Å². The summed E-state index contributed by atoms with van der Waals surface area (Å²) < 4.78 is 15.5. The molecule has 3 N–H and O–H groups in total. The van der Waals surface area contributed by atoms with Crippen LogP contribution in [0, 0.1) is 5.82 Å². The van der Waals surface area contributed by atoms with Crippen LogP contribution in [0.2, 0.25) is 0 Å². The number of halogens is 2. The Morgan fingerprint density at radius 2 is 2.28 bits per heavy atom. The summed E-state index contributed by atoms with van der Waals surface area (Å²) >= 11 is 3.14. The van der Waals surface area contributed by atoms with E-state index in [9.17, 15) is 9.18 Å². The number of carbonyl (C=O) groups is 1. The van der Waals surface area contributed by atoms with Gasteiger partial charge in [0.2, 0.25) is 0 Å². The smallest absolute Gasteiger partial charge is 0.276 e. The topological polar surface area (TPSA) is 72.9 Å². The zero-order chi connectivity index (χ0) is 13.3. The van der Waals surface area contributed by atoms with Crippen LogP contribution in [0.4, 0.5) is 15.8 Å². The Labute approximate surface area is 111 Å². The summed E-state index contributed by atoms with van der Waals surface area (Å²) in [6.45, 7) is 0. The van der Waals surface area contributed by atoms with Gasteiger partial charge in [0.1, 0.15) is 11.5 Å². The molecule has 0 saturated carbocycles. The lowest BCUT2D eigenvalue weighted by Gasteiger charge is -2.07. The molecule has 0 saturated heterocycles. The highest BCUT2D eigenvalue weighted by atomic mass is 79.9. The van der Waals surface area contributed by atoms with Gasteiger partial charge in [0.25, 0.3) is 5.91 Å². The fourth-order valence-corrected chi connectivity index (χ4v) is 1.84. The maximum absolute atomic E-state index is 13.6. The first kappa shape index (κ1) is 12.6. The molecule has 0 radical (unpaired) electrons. The van der Waals surface area contributed by atoms with Crippen LogP contribution < -0.4 is 11.1 Å². The summed E-state index contributed by atoms with van der Waals surface area (Å²) in [7, 11) is 1.59. The Hall–Kier alpha value is -1.89. The van der Waals surface area contributed by atoms with Crippen LogP contribution in [-0.4, -0.2) is 15.7 Å². The van der Waals surface area contributed by atoms with E-state index in [1.165, 1.54) is 23.0 Å². The van der Waals surface area contributed by atoms with Crippen LogP contribution in [0.1, 0.15) is 10.5 Å². The van der Waals surface area contributed by atoms with E-state index in [0.717, 1.165) is 0 Å². The molecule has 0 atom stereocenters. The molecular weight excluding hydrogens is 303 g/mol. The predicted molar refractivity (Wildman–Crippen MR) is 69.7 cm³/mol. The number of nitrogens with one attached hydrogen (secondary N) is 1. The largest absolute Gasteiger partial charge is 0.396 e. The van der Waals surface area contributed by atoms with Gasteiger partial charge in [0.15, 0.2) is 0 Å².